The van der Waals surface area contributed by atoms with Crippen LogP contribution >= 0.6 is 15.9 Å². The Morgan fingerprint density at radius 2 is 1.81 bits per heavy atom. The van der Waals surface area contributed by atoms with E-state index in [-0.39, 0.29) is 10.6 Å². The summed E-state index contributed by atoms with van der Waals surface area (Å²) in [4.78, 5) is 15.5. The molecule has 2 aromatic heterocycles. The van der Waals surface area contributed by atoms with Crippen LogP contribution in [0.3, 0.4) is 0 Å². The molecule has 106 valence electrons. The quantitative estimate of drug-likeness (QED) is 0.529. The van der Waals surface area contributed by atoms with E-state index in [4.69, 9.17) is 0 Å². The molecule has 0 unspecified atom stereocenters. The zero-order valence-corrected chi connectivity index (χ0v) is 13.0. The minimum absolute atomic E-state index is 0.0412. The Bertz CT molecular complexity index is 934. The lowest BCUT2D eigenvalue weighted by Crippen LogP contribution is -2.15. The van der Waals surface area contributed by atoms with E-state index in [1.165, 1.54) is 18.2 Å². The van der Waals surface area contributed by atoms with Gasteiger partial charge in [0.1, 0.15) is 4.60 Å². The Balaban J connectivity index is 2.36. The molecule has 0 saturated heterocycles. The highest BCUT2D eigenvalue weighted by Gasteiger charge is 2.23. The number of aldehydes is 1. The smallest absolute Gasteiger partial charge is 0.268 e. The summed E-state index contributed by atoms with van der Waals surface area (Å²) >= 11 is 3.23. The minimum Gasteiger partial charge on any atom is -0.296 e. The standard InChI is InChI=1S/C14H9BrN2O3S/c15-14-7-6-13-12(16-14)8-10(9-18)17(13)21(19,20)11-4-2-1-3-5-11/h1-9H. The van der Waals surface area contributed by atoms with Crippen LogP contribution in [0.15, 0.2) is 58.0 Å². The Kier molecular flexibility index (Phi) is 3.38. The molecule has 0 radical (unpaired) electrons. The predicted octanol–water partition coefficient (Wildman–Crippen LogP) is 2.85. The van der Waals surface area contributed by atoms with E-state index in [1.54, 1.807) is 30.3 Å². The van der Waals surface area contributed by atoms with E-state index in [2.05, 4.69) is 20.9 Å². The Morgan fingerprint density at radius 3 is 2.48 bits per heavy atom. The predicted molar refractivity (Wildman–Crippen MR) is 81.8 cm³/mol. The summed E-state index contributed by atoms with van der Waals surface area (Å²) in [5, 5.41) is 0. The molecule has 21 heavy (non-hydrogen) atoms. The first-order valence-corrected chi connectivity index (χ1v) is 8.21. The van der Waals surface area contributed by atoms with Crippen LogP contribution in [-0.2, 0) is 10.0 Å². The van der Waals surface area contributed by atoms with E-state index in [0.29, 0.717) is 21.9 Å². The van der Waals surface area contributed by atoms with Crippen molar-refractivity contribution in [3.8, 4) is 0 Å². The van der Waals surface area contributed by atoms with Gasteiger partial charge in [-0.15, -0.1) is 0 Å². The fourth-order valence-electron chi connectivity index (χ4n) is 2.11. The molecule has 0 saturated carbocycles. The van der Waals surface area contributed by atoms with Crippen LogP contribution < -0.4 is 0 Å². The molecule has 0 aliphatic carbocycles. The number of halogens is 1. The molecule has 2 heterocycles. The summed E-state index contributed by atoms with van der Waals surface area (Å²) in [7, 11) is -3.85. The highest BCUT2D eigenvalue weighted by atomic mass is 79.9. The van der Waals surface area contributed by atoms with Crippen molar-refractivity contribution in [1.29, 1.82) is 0 Å². The molecular weight excluding hydrogens is 356 g/mol. The monoisotopic (exact) mass is 364 g/mol. The van der Waals surface area contributed by atoms with Crippen LogP contribution in [0.2, 0.25) is 0 Å². The van der Waals surface area contributed by atoms with Gasteiger partial charge in [0, 0.05) is 0 Å². The number of benzene rings is 1. The van der Waals surface area contributed by atoms with Gasteiger partial charge in [0.05, 0.1) is 21.6 Å². The third-order valence-corrected chi connectivity index (χ3v) is 5.21. The Morgan fingerprint density at radius 1 is 1.10 bits per heavy atom. The van der Waals surface area contributed by atoms with Gasteiger partial charge < -0.3 is 0 Å². The van der Waals surface area contributed by atoms with Crippen molar-refractivity contribution in [2.45, 2.75) is 4.90 Å². The van der Waals surface area contributed by atoms with Crippen molar-refractivity contribution in [1.82, 2.24) is 8.96 Å². The summed E-state index contributed by atoms with van der Waals surface area (Å²) in [6, 6.07) is 12.7. The van der Waals surface area contributed by atoms with Crippen LogP contribution in [-0.4, -0.2) is 23.7 Å². The van der Waals surface area contributed by atoms with Crippen molar-refractivity contribution in [3.63, 3.8) is 0 Å². The summed E-state index contributed by atoms with van der Waals surface area (Å²) in [5.74, 6) is 0. The molecular formula is C14H9BrN2O3S. The van der Waals surface area contributed by atoms with Gasteiger partial charge in [-0.25, -0.2) is 17.4 Å². The number of nitrogens with zero attached hydrogens (tertiary/aromatic N) is 2. The second-order valence-corrected chi connectivity index (χ2v) is 6.91. The maximum atomic E-state index is 12.7. The number of fused-ring (bicyclic) bond motifs is 1. The number of rotatable bonds is 3. The molecule has 3 aromatic rings. The normalized spacial score (nSPS) is 11.7. The topological polar surface area (TPSA) is 69.0 Å². The largest absolute Gasteiger partial charge is 0.296 e. The van der Waals surface area contributed by atoms with Crippen molar-refractivity contribution in [3.05, 3.63) is 58.8 Å². The maximum Gasteiger partial charge on any atom is 0.268 e. The van der Waals surface area contributed by atoms with Gasteiger partial charge in [-0.3, -0.25) is 4.79 Å². The number of carbonyl (C=O) groups excluding carboxylic acids is 1. The number of pyridine rings is 1. The summed E-state index contributed by atoms with van der Waals surface area (Å²) in [6.07, 6.45) is 0.510. The SMILES string of the molecule is O=Cc1cc2nc(Br)ccc2n1S(=O)(=O)c1ccccc1. The van der Waals surface area contributed by atoms with E-state index in [1.807, 2.05) is 0 Å². The van der Waals surface area contributed by atoms with E-state index in [9.17, 15) is 13.2 Å². The summed E-state index contributed by atoms with van der Waals surface area (Å²) in [5.41, 5.74) is 0.842. The van der Waals surface area contributed by atoms with Crippen LogP contribution in [0.5, 0.6) is 0 Å². The number of hydrogen-bond acceptors (Lipinski definition) is 4. The lowest BCUT2D eigenvalue weighted by molar-refractivity contribution is 0.111. The third kappa shape index (κ3) is 2.28. The van der Waals surface area contributed by atoms with Gasteiger partial charge in [0.15, 0.2) is 6.29 Å². The molecule has 0 atom stereocenters. The molecule has 1 aromatic carbocycles. The molecule has 0 bridgehead atoms. The van der Waals surface area contributed by atoms with Gasteiger partial charge in [-0.2, -0.15) is 0 Å². The zero-order chi connectivity index (χ0) is 15.0. The van der Waals surface area contributed by atoms with Gasteiger partial charge in [-0.05, 0) is 46.3 Å². The molecule has 0 aliphatic heterocycles. The van der Waals surface area contributed by atoms with Crippen molar-refractivity contribution in [2.24, 2.45) is 0 Å². The highest BCUT2D eigenvalue weighted by Crippen LogP contribution is 2.25. The molecule has 3 rings (SSSR count). The molecule has 0 spiro atoms. The molecule has 0 N–H and O–H groups in total. The maximum absolute atomic E-state index is 12.7. The summed E-state index contributed by atoms with van der Waals surface area (Å²) in [6.45, 7) is 0. The Hall–Kier alpha value is -1.99. The average molecular weight is 365 g/mol. The fraction of sp³-hybridized carbons (Fsp3) is 0. The molecule has 0 fully saturated rings. The second-order valence-electron chi connectivity index (χ2n) is 4.31. The lowest BCUT2D eigenvalue weighted by Gasteiger charge is -2.09. The second kappa shape index (κ2) is 5.09. The van der Waals surface area contributed by atoms with Crippen molar-refractivity contribution < 1.29 is 13.2 Å². The van der Waals surface area contributed by atoms with E-state index < -0.39 is 10.0 Å². The fourth-order valence-corrected chi connectivity index (χ4v) is 3.93. The van der Waals surface area contributed by atoms with Crippen LogP contribution in [0.4, 0.5) is 0 Å². The third-order valence-electron chi connectivity index (χ3n) is 3.01. The lowest BCUT2D eigenvalue weighted by atomic mass is 10.4. The number of hydrogen-bond donors (Lipinski definition) is 0. The van der Waals surface area contributed by atoms with Gasteiger partial charge >= 0.3 is 0 Å². The average Bonchev–Trinajstić information content (AvgIpc) is 2.86. The van der Waals surface area contributed by atoms with E-state index in [0.717, 1.165) is 3.97 Å². The van der Waals surface area contributed by atoms with Crippen molar-refractivity contribution in [2.75, 3.05) is 0 Å². The summed E-state index contributed by atoms with van der Waals surface area (Å²) < 4.78 is 27.1. The minimum atomic E-state index is -3.85. The van der Waals surface area contributed by atoms with Crippen molar-refractivity contribution >= 4 is 43.3 Å². The number of carbonyl (C=O) groups is 1. The van der Waals surface area contributed by atoms with Gasteiger partial charge in [0.25, 0.3) is 10.0 Å². The molecule has 0 amide bonds. The molecule has 5 nitrogen and oxygen atoms in total. The first-order valence-electron chi connectivity index (χ1n) is 5.98. The van der Waals surface area contributed by atoms with Crippen LogP contribution in [0.1, 0.15) is 10.5 Å². The van der Waals surface area contributed by atoms with Gasteiger partial charge in [0.2, 0.25) is 0 Å². The zero-order valence-electron chi connectivity index (χ0n) is 10.6. The Labute approximate surface area is 129 Å². The van der Waals surface area contributed by atoms with Gasteiger partial charge in [-0.1, -0.05) is 18.2 Å². The highest BCUT2D eigenvalue weighted by molar-refractivity contribution is 9.10. The van der Waals surface area contributed by atoms with Crippen LogP contribution in [0, 0.1) is 0 Å². The molecule has 0 aliphatic rings. The first-order chi connectivity index (χ1) is 10.0. The number of aromatic nitrogens is 2. The first kappa shape index (κ1) is 14.0. The molecule has 7 heteroatoms. The van der Waals surface area contributed by atoms with Crippen LogP contribution in [0.25, 0.3) is 11.0 Å². The van der Waals surface area contributed by atoms with E-state index >= 15 is 0 Å².